The van der Waals surface area contributed by atoms with Crippen molar-refractivity contribution in [2.75, 3.05) is 23.3 Å². The van der Waals surface area contributed by atoms with E-state index in [4.69, 9.17) is 0 Å². The van der Waals surface area contributed by atoms with Crippen LogP contribution >= 0.6 is 0 Å². The predicted molar refractivity (Wildman–Crippen MR) is 105 cm³/mol. The molecule has 0 unspecified atom stereocenters. The lowest BCUT2D eigenvalue weighted by atomic mass is 9.97. The van der Waals surface area contributed by atoms with Gasteiger partial charge in [0.1, 0.15) is 12.1 Å². The highest BCUT2D eigenvalue weighted by Crippen LogP contribution is 2.31. The molecule has 4 heteroatoms. The lowest BCUT2D eigenvalue weighted by molar-refractivity contribution is -0.107. The van der Waals surface area contributed by atoms with Crippen LogP contribution in [0.25, 0.3) is 0 Å². The van der Waals surface area contributed by atoms with E-state index in [9.17, 15) is 9.18 Å². The average molecular weight is 354 g/mol. The molecule has 26 heavy (non-hydrogen) atoms. The molecule has 1 aliphatic heterocycles. The van der Waals surface area contributed by atoms with Crippen LogP contribution in [-0.4, -0.2) is 19.4 Å². The van der Waals surface area contributed by atoms with Gasteiger partial charge in [-0.15, -0.1) is 0 Å². The summed E-state index contributed by atoms with van der Waals surface area (Å²) in [5.74, 6) is -0.250. The number of aryl methyl sites for hydroxylation is 2. The Bertz CT molecular complexity index is 760. The van der Waals surface area contributed by atoms with Crippen molar-refractivity contribution in [3.8, 4) is 0 Å². The van der Waals surface area contributed by atoms with Crippen molar-refractivity contribution in [1.82, 2.24) is 0 Å². The molecule has 0 atom stereocenters. The minimum atomic E-state index is -0.250. The Labute approximate surface area is 155 Å². The van der Waals surface area contributed by atoms with Gasteiger partial charge in [-0.25, -0.2) is 4.39 Å². The SMILES string of the molecule is CCCN1CCCc2cccc(CNc3ccc(CCC=O)c(F)c3)c21. The number of anilines is 2. The van der Waals surface area contributed by atoms with E-state index in [2.05, 4.69) is 35.3 Å². The van der Waals surface area contributed by atoms with Crippen molar-refractivity contribution in [2.24, 2.45) is 0 Å². The van der Waals surface area contributed by atoms with E-state index in [1.54, 1.807) is 6.07 Å². The number of hydrogen-bond acceptors (Lipinski definition) is 3. The molecule has 138 valence electrons. The highest BCUT2D eigenvalue weighted by molar-refractivity contribution is 5.62. The number of halogens is 1. The summed E-state index contributed by atoms with van der Waals surface area (Å²) in [5.41, 5.74) is 5.40. The molecule has 1 N–H and O–H groups in total. The molecule has 2 aromatic rings. The molecule has 3 nitrogen and oxygen atoms in total. The van der Waals surface area contributed by atoms with Gasteiger partial charge in [0.2, 0.25) is 0 Å². The van der Waals surface area contributed by atoms with Crippen molar-refractivity contribution in [2.45, 2.75) is 45.6 Å². The van der Waals surface area contributed by atoms with Crippen LogP contribution < -0.4 is 10.2 Å². The number of nitrogens with zero attached hydrogens (tertiary/aromatic N) is 1. The Balaban J connectivity index is 1.74. The van der Waals surface area contributed by atoms with Gasteiger partial charge in [0, 0.05) is 37.4 Å². The number of carbonyl (C=O) groups excluding carboxylic acids is 1. The number of benzene rings is 2. The van der Waals surface area contributed by atoms with E-state index in [1.165, 1.54) is 29.3 Å². The van der Waals surface area contributed by atoms with Gasteiger partial charge in [0.15, 0.2) is 0 Å². The Morgan fingerprint density at radius 1 is 1.23 bits per heavy atom. The second-order valence-corrected chi connectivity index (χ2v) is 6.88. The topological polar surface area (TPSA) is 32.3 Å². The van der Waals surface area contributed by atoms with E-state index in [0.29, 0.717) is 24.9 Å². The van der Waals surface area contributed by atoms with Gasteiger partial charge in [-0.05, 0) is 54.5 Å². The monoisotopic (exact) mass is 354 g/mol. The fraction of sp³-hybridized carbons (Fsp3) is 0.409. The van der Waals surface area contributed by atoms with Gasteiger partial charge in [0.25, 0.3) is 0 Å². The summed E-state index contributed by atoms with van der Waals surface area (Å²) < 4.78 is 14.2. The van der Waals surface area contributed by atoms with Crippen LogP contribution in [0.5, 0.6) is 0 Å². The standard InChI is InChI=1S/C22H27FN2O/c1-2-12-25-13-4-8-18-6-3-7-19(22(18)25)16-24-20-11-10-17(9-5-14-26)21(23)15-20/h3,6-7,10-11,14-15,24H,2,4-5,8-9,12-13,16H2,1H3. The molecule has 0 saturated carbocycles. The number of para-hydroxylation sites is 1. The maximum atomic E-state index is 14.2. The lowest BCUT2D eigenvalue weighted by Gasteiger charge is -2.33. The molecule has 0 aliphatic carbocycles. The van der Waals surface area contributed by atoms with Gasteiger partial charge in [-0.2, -0.15) is 0 Å². The smallest absolute Gasteiger partial charge is 0.128 e. The molecular weight excluding hydrogens is 327 g/mol. The van der Waals surface area contributed by atoms with Crippen molar-refractivity contribution < 1.29 is 9.18 Å². The second-order valence-electron chi connectivity index (χ2n) is 6.88. The van der Waals surface area contributed by atoms with E-state index >= 15 is 0 Å². The molecule has 0 spiro atoms. The zero-order valence-corrected chi connectivity index (χ0v) is 15.4. The first-order valence-corrected chi connectivity index (χ1v) is 9.54. The van der Waals surface area contributed by atoms with Crippen LogP contribution in [0, 0.1) is 5.82 Å². The number of fused-ring (bicyclic) bond motifs is 1. The zero-order valence-electron chi connectivity index (χ0n) is 15.4. The van der Waals surface area contributed by atoms with Crippen molar-refractivity contribution >= 4 is 17.7 Å². The Morgan fingerprint density at radius 2 is 2.12 bits per heavy atom. The van der Waals surface area contributed by atoms with Crippen molar-refractivity contribution in [3.63, 3.8) is 0 Å². The minimum Gasteiger partial charge on any atom is -0.381 e. The van der Waals surface area contributed by atoms with E-state index < -0.39 is 0 Å². The molecule has 0 aromatic heterocycles. The van der Waals surface area contributed by atoms with Crippen LogP contribution in [-0.2, 0) is 24.2 Å². The van der Waals surface area contributed by atoms with Crippen LogP contribution in [0.3, 0.4) is 0 Å². The third-order valence-electron chi connectivity index (χ3n) is 4.95. The normalized spacial score (nSPS) is 13.4. The predicted octanol–water partition coefficient (Wildman–Crippen LogP) is 4.73. The molecule has 1 heterocycles. The fourth-order valence-corrected chi connectivity index (χ4v) is 3.73. The van der Waals surface area contributed by atoms with Gasteiger partial charge in [-0.1, -0.05) is 31.2 Å². The summed E-state index contributed by atoms with van der Waals surface area (Å²) >= 11 is 0. The van der Waals surface area contributed by atoms with Gasteiger partial charge < -0.3 is 15.0 Å². The third kappa shape index (κ3) is 4.24. The van der Waals surface area contributed by atoms with Crippen LogP contribution in [0.2, 0.25) is 0 Å². The molecule has 0 fully saturated rings. The molecule has 0 radical (unpaired) electrons. The summed E-state index contributed by atoms with van der Waals surface area (Å²) in [6.07, 6.45) is 5.10. The van der Waals surface area contributed by atoms with E-state index in [0.717, 1.165) is 37.9 Å². The number of aldehydes is 1. The maximum absolute atomic E-state index is 14.2. The van der Waals surface area contributed by atoms with Crippen LogP contribution in [0.15, 0.2) is 36.4 Å². The average Bonchev–Trinajstić information content (AvgIpc) is 2.66. The highest BCUT2D eigenvalue weighted by Gasteiger charge is 2.19. The number of rotatable bonds is 8. The van der Waals surface area contributed by atoms with E-state index in [-0.39, 0.29) is 5.82 Å². The molecule has 0 bridgehead atoms. The molecule has 1 aliphatic rings. The Kier molecular flexibility index (Phi) is 6.26. The maximum Gasteiger partial charge on any atom is 0.128 e. The fourth-order valence-electron chi connectivity index (χ4n) is 3.73. The minimum absolute atomic E-state index is 0.250. The third-order valence-corrected chi connectivity index (χ3v) is 4.95. The number of carbonyl (C=O) groups is 1. The summed E-state index contributed by atoms with van der Waals surface area (Å²) in [5, 5.41) is 3.36. The van der Waals surface area contributed by atoms with Crippen molar-refractivity contribution in [1.29, 1.82) is 0 Å². The summed E-state index contributed by atoms with van der Waals surface area (Å²) in [7, 11) is 0. The Morgan fingerprint density at radius 3 is 2.88 bits per heavy atom. The van der Waals surface area contributed by atoms with Gasteiger partial charge in [-0.3, -0.25) is 0 Å². The summed E-state index contributed by atoms with van der Waals surface area (Å²) in [6, 6.07) is 11.7. The molecule has 2 aromatic carbocycles. The highest BCUT2D eigenvalue weighted by atomic mass is 19.1. The Hall–Kier alpha value is -2.36. The molecular formula is C22H27FN2O. The van der Waals surface area contributed by atoms with Crippen molar-refractivity contribution in [3.05, 3.63) is 58.9 Å². The zero-order chi connectivity index (χ0) is 18.4. The summed E-state index contributed by atoms with van der Waals surface area (Å²) in [6.45, 7) is 5.07. The lowest BCUT2D eigenvalue weighted by Crippen LogP contribution is -2.31. The van der Waals surface area contributed by atoms with Gasteiger partial charge in [0.05, 0.1) is 0 Å². The van der Waals surface area contributed by atoms with Gasteiger partial charge >= 0.3 is 0 Å². The van der Waals surface area contributed by atoms with Crippen LogP contribution in [0.4, 0.5) is 15.8 Å². The quantitative estimate of drug-likeness (QED) is 0.696. The first-order chi connectivity index (χ1) is 12.7. The first kappa shape index (κ1) is 18.4. The van der Waals surface area contributed by atoms with E-state index in [1.807, 2.05) is 6.07 Å². The molecule has 3 rings (SSSR count). The second kappa shape index (κ2) is 8.84. The van der Waals surface area contributed by atoms with Crippen LogP contribution in [0.1, 0.15) is 42.9 Å². The molecule has 0 saturated heterocycles. The number of nitrogens with one attached hydrogen (secondary N) is 1. The number of hydrogen-bond donors (Lipinski definition) is 1. The first-order valence-electron chi connectivity index (χ1n) is 9.54. The molecule has 0 amide bonds. The largest absolute Gasteiger partial charge is 0.381 e. The summed E-state index contributed by atoms with van der Waals surface area (Å²) in [4.78, 5) is 13.0.